The minimum absolute atomic E-state index is 0.0247. The number of benzene rings is 2. The summed E-state index contributed by atoms with van der Waals surface area (Å²) in [6.07, 6.45) is 0. The van der Waals surface area contributed by atoms with Gasteiger partial charge in [-0.25, -0.2) is 0 Å². The maximum absolute atomic E-state index is 13.4. The molecule has 2 aromatic rings. The Morgan fingerprint density at radius 3 is 2.66 bits per heavy atom. The highest BCUT2D eigenvalue weighted by Gasteiger charge is 2.66. The number of hydrogen-bond donors (Lipinski definition) is 1. The van der Waals surface area contributed by atoms with Gasteiger partial charge < -0.3 is 19.7 Å². The van der Waals surface area contributed by atoms with Gasteiger partial charge >= 0.3 is 0 Å². The highest BCUT2D eigenvalue weighted by molar-refractivity contribution is 6.01. The lowest BCUT2D eigenvalue weighted by atomic mass is 9.73. The smallest absolute Gasteiger partial charge is 0.247 e. The van der Waals surface area contributed by atoms with E-state index in [1.165, 1.54) is 0 Å². The molecule has 6 heteroatoms. The second-order valence-corrected chi connectivity index (χ2v) is 8.26. The third-order valence-electron chi connectivity index (χ3n) is 6.76. The van der Waals surface area contributed by atoms with Crippen molar-refractivity contribution in [2.75, 3.05) is 13.7 Å². The van der Waals surface area contributed by atoms with Crippen molar-refractivity contribution in [3.05, 3.63) is 59.7 Å². The van der Waals surface area contributed by atoms with E-state index in [4.69, 9.17) is 9.47 Å². The van der Waals surface area contributed by atoms with Gasteiger partial charge in [-0.1, -0.05) is 30.3 Å². The molecule has 2 saturated heterocycles. The maximum atomic E-state index is 13.4. The van der Waals surface area contributed by atoms with E-state index in [2.05, 4.69) is 5.32 Å². The Kier molecular flexibility index (Phi) is 3.88. The number of nitrogens with zero attached hydrogens (tertiary/aromatic N) is 1. The maximum Gasteiger partial charge on any atom is 0.247 e. The summed E-state index contributed by atoms with van der Waals surface area (Å²) in [7, 11) is 1.62. The summed E-state index contributed by atoms with van der Waals surface area (Å²) in [5, 5.41) is 2.90. The first-order chi connectivity index (χ1) is 14.0. The van der Waals surface area contributed by atoms with E-state index < -0.39 is 11.6 Å². The predicted molar refractivity (Wildman–Crippen MR) is 107 cm³/mol. The number of carbonyl (C=O) groups excluding carboxylic acids is 2. The molecule has 6 nitrogen and oxygen atoms in total. The number of carbonyl (C=O) groups is 2. The molecular formula is C23H24N2O4. The van der Waals surface area contributed by atoms with Crippen molar-refractivity contribution in [1.29, 1.82) is 0 Å². The van der Waals surface area contributed by atoms with Crippen LogP contribution in [0.15, 0.2) is 48.5 Å². The van der Waals surface area contributed by atoms with Crippen molar-refractivity contribution in [2.45, 2.75) is 37.4 Å². The molecule has 1 N–H and O–H groups in total. The molecule has 4 unspecified atom stereocenters. The minimum Gasteiger partial charge on any atom is -0.497 e. The topological polar surface area (TPSA) is 67.9 Å². The standard InChI is InChI=1S/C23H24N2O4/c1-13-21(26)25-20-16-10-9-15(28-3)11-18(16)29-12-17(20)19(14-7-5-4-6-8-14)23(25,2)22(27)24-13/h4-11,13,17,19-20H,12H2,1-3H3,(H,24,27)/t13?,17?,19?,20?,23-/m1/s1. The van der Waals surface area contributed by atoms with Crippen LogP contribution in [0.25, 0.3) is 0 Å². The SMILES string of the molecule is COc1ccc2c(c1)OCC1C2N2C(=O)C(C)NC(=O)[C@@]2(C)C1c1ccccc1. The van der Waals surface area contributed by atoms with Crippen molar-refractivity contribution in [1.82, 2.24) is 10.2 Å². The first-order valence-electron chi connectivity index (χ1n) is 9.96. The second-order valence-electron chi connectivity index (χ2n) is 8.26. The number of hydrogen-bond acceptors (Lipinski definition) is 4. The zero-order valence-electron chi connectivity index (χ0n) is 16.7. The average molecular weight is 392 g/mol. The molecule has 0 aliphatic carbocycles. The molecule has 2 aromatic carbocycles. The molecule has 3 aliphatic rings. The normalized spacial score (nSPS) is 32.6. The molecule has 0 radical (unpaired) electrons. The summed E-state index contributed by atoms with van der Waals surface area (Å²) in [6.45, 7) is 4.08. The number of nitrogens with one attached hydrogen (secondary N) is 1. The summed E-state index contributed by atoms with van der Waals surface area (Å²) in [4.78, 5) is 28.5. The Hall–Kier alpha value is -3.02. The van der Waals surface area contributed by atoms with Gasteiger partial charge in [0.15, 0.2) is 0 Å². The summed E-state index contributed by atoms with van der Waals surface area (Å²) in [5.41, 5.74) is 0.998. The van der Waals surface area contributed by atoms with E-state index in [9.17, 15) is 9.59 Å². The molecule has 29 heavy (non-hydrogen) atoms. The van der Waals surface area contributed by atoms with Gasteiger partial charge in [0, 0.05) is 23.5 Å². The molecule has 150 valence electrons. The van der Waals surface area contributed by atoms with Crippen LogP contribution in [0, 0.1) is 5.92 Å². The Bertz CT molecular complexity index is 992. The lowest BCUT2D eigenvalue weighted by molar-refractivity contribution is -0.156. The molecule has 0 aromatic heterocycles. The summed E-state index contributed by atoms with van der Waals surface area (Å²) < 4.78 is 11.5. The molecule has 0 saturated carbocycles. The van der Waals surface area contributed by atoms with Crippen LogP contribution in [-0.4, -0.2) is 42.0 Å². The van der Waals surface area contributed by atoms with Gasteiger partial charge in [0.1, 0.15) is 23.1 Å². The minimum atomic E-state index is -0.981. The van der Waals surface area contributed by atoms with E-state index in [0.29, 0.717) is 18.1 Å². The first kappa shape index (κ1) is 18.0. The van der Waals surface area contributed by atoms with Crippen molar-refractivity contribution >= 4 is 11.8 Å². The lowest BCUT2D eigenvalue weighted by Crippen LogP contribution is -2.68. The van der Waals surface area contributed by atoms with Crippen LogP contribution in [-0.2, 0) is 9.59 Å². The summed E-state index contributed by atoms with van der Waals surface area (Å²) in [5.74, 6) is 1.07. The molecule has 2 amide bonds. The van der Waals surface area contributed by atoms with Crippen LogP contribution in [0.3, 0.4) is 0 Å². The van der Waals surface area contributed by atoms with Crippen molar-refractivity contribution < 1.29 is 19.1 Å². The van der Waals surface area contributed by atoms with Gasteiger partial charge in [0.2, 0.25) is 11.8 Å². The summed E-state index contributed by atoms with van der Waals surface area (Å²) in [6, 6.07) is 14.9. The Morgan fingerprint density at radius 1 is 1.17 bits per heavy atom. The van der Waals surface area contributed by atoms with E-state index >= 15 is 0 Å². The Balaban J connectivity index is 1.72. The quantitative estimate of drug-likeness (QED) is 0.853. The van der Waals surface area contributed by atoms with Crippen LogP contribution in [0.2, 0.25) is 0 Å². The molecular weight excluding hydrogens is 368 g/mol. The van der Waals surface area contributed by atoms with Crippen LogP contribution < -0.4 is 14.8 Å². The van der Waals surface area contributed by atoms with Gasteiger partial charge in [-0.3, -0.25) is 9.59 Å². The Labute approximate surface area is 169 Å². The number of methoxy groups -OCH3 is 1. The van der Waals surface area contributed by atoms with Crippen LogP contribution in [0.4, 0.5) is 0 Å². The predicted octanol–water partition coefficient (Wildman–Crippen LogP) is 2.65. The van der Waals surface area contributed by atoms with Crippen LogP contribution in [0.1, 0.15) is 36.9 Å². The molecule has 5 atom stereocenters. The molecule has 0 bridgehead atoms. The van der Waals surface area contributed by atoms with Gasteiger partial charge in [-0.15, -0.1) is 0 Å². The van der Waals surface area contributed by atoms with Crippen molar-refractivity contribution in [3.8, 4) is 11.5 Å². The molecule has 3 aliphatic heterocycles. The van der Waals surface area contributed by atoms with Crippen LogP contribution >= 0.6 is 0 Å². The van der Waals surface area contributed by atoms with Gasteiger partial charge in [-0.05, 0) is 31.5 Å². The molecule has 3 heterocycles. The van der Waals surface area contributed by atoms with Gasteiger partial charge in [-0.2, -0.15) is 0 Å². The van der Waals surface area contributed by atoms with E-state index in [1.807, 2.05) is 60.4 Å². The largest absolute Gasteiger partial charge is 0.497 e. The third-order valence-corrected chi connectivity index (χ3v) is 6.76. The van der Waals surface area contributed by atoms with E-state index in [0.717, 1.165) is 11.1 Å². The first-order valence-corrected chi connectivity index (χ1v) is 9.96. The zero-order chi connectivity index (χ0) is 20.3. The highest BCUT2D eigenvalue weighted by Crippen LogP contribution is 2.59. The number of ether oxygens (including phenoxy) is 2. The fourth-order valence-corrected chi connectivity index (χ4v) is 5.45. The van der Waals surface area contributed by atoms with Crippen molar-refractivity contribution in [3.63, 3.8) is 0 Å². The second kappa shape index (κ2) is 6.24. The third kappa shape index (κ3) is 2.35. The fourth-order valence-electron chi connectivity index (χ4n) is 5.45. The number of amides is 2. The monoisotopic (exact) mass is 392 g/mol. The van der Waals surface area contributed by atoms with E-state index in [1.54, 1.807) is 14.0 Å². The Morgan fingerprint density at radius 2 is 1.93 bits per heavy atom. The highest BCUT2D eigenvalue weighted by atomic mass is 16.5. The summed E-state index contributed by atoms with van der Waals surface area (Å²) >= 11 is 0. The van der Waals surface area contributed by atoms with E-state index in [-0.39, 0.29) is 29.7 Å². The van der Waals surface area contributed by atoms with Crippen LogP contribution in [0.5, 0.6) is 11.5 Å². The average Bonchev–Trinajstić information content (AvgIpc) is 3.02. The zero-order valence-corrected chi connectivity index (χ0v) is 16.7. The lowest BCUT2D eigenvalue weighted by Gasteiger charge is -2.45. The molecule has 5 rings (SSSR count). The van der Waals surface area contributed by atoms with Gasteiger partial charge in [0.25, 0.3) is 0 Å². The van der Waals surface area contributed by atoms with Gasteiger partial charge in [0.05, 0.1) is 19.8 Å². The fraction of sp³-hybridized carbons (Fsp3) is 0.391. The number of piperazine rings is 1. The number of fused-ring (bicyclic) bond motifs is 5. The van der Waals surface area contributed by atoms with Crippen molar-refractivity contribution in [2.24, 2.45) is 5.92 Å². The molecule has 0 spiro atoms. The molecule has 2 fully saturated rings. The number of rotatable bonds is 2.